The average Bonchev–Trinajstić information content (AvgIpc) is 2.05. The van der Waals surface area contributed by atoms with E-state index in [1.54, 1.807) is 11.8 Å². The number of pyridine rings is 1. The minimum atomic E-state index is 0.558. The van der Waals surface area contributed by atoms with Crippen molar-refractivity contribution >= 4 is 23.4 Å². The number of halogens is 1. The van der Waals surface area contributed by atoms with Gasteiger partial charge >= 0.3 is 0 Å². The molecule has 0 aliphatic rings. The van der Waals surface area contributed by atoms with Gasteiger partial charge in [0, 0.05) is 11.8 Å². The maximum Gasteiger partial charge on any atom is 0.101 e. The topological polar surface area (TPSA) is 12.9 Å². The first kappa shape index (κ1) is 9.87. The molecule has 0 fully saturated rings. The summed E-state index contributed by atoms with van der Waals surface area (Å²) in [4.78, 5) is 4.28. The zero-order valence-corrected chi connectivity index (χ0v) is 8.87. The van der Waals surface area contributed by atoms with E-state index >= 15 is 0 Å². The fourth-order valence-electron chi connectivity index (χ4n) is 0.988. The molecular formula is C9H12ClNS. The van der Waals surface area contributed by atoms with E-state index in [1.807, 2.05) is 12.3 Å². The van der Waals surface area contributed by atoms with Crippen LogP contribution in [0.2, 0.25) is 0 Å². The summed E-state index contributed by atoms with van der Waals surface area (Å²) in [6.45, 7) is 4.19. The average molecular weight is 202 g/mol. The zero-order chi connectivity index (χ0) is 8.97. The van der Waals surface area contributed by atoms with E-state index < -0.39 is 0 Å². The smallest absolute Gasteiger partial charge is 0.101 e. The molecule has 1 heterocycles. The molecule has 0 atom stereocenters. The van der Waals surface area contributed by atoms with Crippen LogP contribution in [0.25, 0.3) is 0 Å². The first-order chi connectivity index (χ1) is 5.79. The molecule has 0 N–H and O–H groups in total. The van der Waals surface area contributed by atoms with Crippen LogP contribution >= 0.6 is 23.4 Å². The van der Waals surface area contributed by atoms with Crippen LogP contribution in [0.4, 0.5) is 0 Å². The van der Waals surface area contributed by atoms with E-state index in [0.29, 0.717) is 5.88 Å². The van der Waals surface area contributed by atoms with Gasteiger partial charge in [0.05, 0.1) is 5.88 Å². The highest BCUT2D eigenvalue weighted by atomic mass is 35.5. The predicted octanol–water partition coefficient (Wildman–Crippen LogP) is 3.24. The van der Waals surface area contributed by atoms with E-state index in [2.05, 4.69) is 18.8 Å². The molecule has 12 heavy (non-hydrogen) atoms. The summed E-state index contributed by atoms with van der Waals surface area (Å²) in [5.74, 6) is 1.60. The van der Waals surface area contributed by atoms with E-state index in [-0.39, 0.29) is 0 Å². The number of aromatic nitrogens is 1. The molecule has 0 bridgehead atoms. The van der Waals surface area contributed by atoms with E-state index in [9.17, 15) is 0 Å². The molecule has 0 aromatic carbocycles. The maximum atomic E-state index is 5.82. The summed E-state index contributed by atoms with van der Waals surface area (Å²) in [7, 11) is 0. The normalized spacial score (nSPS) is 10.2. The SMILES string of the molecule is CCSc1nccc(C)c1CCl. The first-order valence-electron chi connectivity index (χ1n) is 3.92. The highest BCUT2D eigenvalue weighted by molar-refractivity contribution is 7.99. The van der Waals surface area contributed by atoms with Crippen LogP contribution in [0.3, 0.4) is 0 Å². The van der Waals surface area contributed by atoms with Crippen LogP contribution in [0.1, 0.15) is 18.1 Å². The third kappa shape index (κ3) is 2.14. The predicted molar refractivity (Wildman–Crippen MR) is 54.9 cm³/mol. The quantitative estimate of drug-likeness (QED) is 0.550. The first-order valence-corrected chi connectivity index (χ1v) is 5.44. The van der Waals surface area contributed by atoms with Crippen LogP contribution in [-0.2, 0) is 5.88 Å². The Labute approximate surface area is 82.5 Å². The lowest BCUT2D eigenvalue weighted by atomic mass is 10.2. The number of rotatable bonds is 3. The highest BCUT2D eigenvalue weighted by Gasteiger charge is 2.04. The second-order valence-corrected chi connectivity index (χ2v) is 4.00. The Balaban J connectivity index is 3.00. The minimum absolute atomic E-state index is 0.558. The largest absolute Gasteiger partial charge is 0.250 e. The molecule has 0 unspecified atom stereocenters. The molecule has 3 heteroatoms. The number of aryl methyl sites for hydroxylation is 1. The van der Waals surface area contributed by atoms with Crippen LogP contribution in [0, 0.1) is 6.92 Å². The summed E-state index contributed by atoms with van der Waals surface area (Å²) in [6.07, 6.45) is 1.84. The summed E-state index contributed by atoms with van der Waals surface area (Å²) < 4.78 is 0. The lowest BCUT2D eigenvalue weighted by molar-refractivity contribution is 1.04. The van der Waals surface area contributed by atoms with Crippen LogP contribution in [0.5, 0.6) is 0 Å². The van der Waals surface area contributed by atoms with Crippen LogP contribution < -0.4 is 0 Å². The van der Waals surface area contributed by atoms with Crippen molar-refractivity contribution < 1.29 is 0 Å². The summed E-state index contributed by atoms with van der Waals surface area (Å²) >= 11 is 7.56. The van der Waals surface area contributed by atoms with E-state index in [4.69, 9.17) is 11.6 Å². The Morgan fingerprint density at radius 2 is 2.33 bits per heavy atom. The standard InChI is InChI=1S/C9H12ClNS/c1-3-12-9-8(6-10)7(2)4-5-11-9/h4-5H,3,6H2,1-2H3. The second kappa shape index (κ2) is 4.73. The number of nitrogens with zero attached hydrogens (tertiary/aromatic N) is 1. The van der Waals surface area contributed by atoms with E-state index in [1.165, 1.54) is 11.1 Å². The molecule has 0 amide bonds. The Morgan fingerprint density at radius 1 is 1.58 bits per heavy atom. The van der Waals surface area contributed by atoms with Crippen molar-refractivity contribution in [1.29, 1.82) is 0 Å². The van der Waals surface area contributed by atoms with Crippen molar-refractivity contribution in [2.75, 3.05) is 5.75 Å². The lowest BCUT2D eigenvalue weighted by Gasteiger charge is -2.06. The van der Waals surface area contributed by atoms with Crippen molar-refractivity contribution in [2.45, 2.75) is 24.8 Å². The van der Waals surface area contributed by atoms with Gasteiger partial charge in [-0.1, -0.05) is 6.92 Å². The Hall–Kier alpha value is -0.210. The third-order valence-corrected chi connectivity index (χ3v) is 2.85. The highest BCUT2D eigenvalue weighted by Crippen LogP contribution is 2.23. The number of thioether (sulfide) groups is 1. The van der Waals surface area contributed by atoms with Gasteiger partial charge in [-0.2, -0.15) is 0 Å². The second-order valence-electron chi connectivity index (χ2n) is 2.48. The fourth-order valence-corrected chi connectivity index (χ4v) is 2.22. The van der Waals surface area contributed by atoms with Crippen molar-refractivity contribution in [3.05, 3.63) is 23.4 Å². The Morgan fingerprint density at radius 3 is 2.92 bits per heavy atom. The molecule has 0 spiro atoms. The van der Waals surface area contributed by atoms with E-state index in [0.717, 1.165) is 10.8 Å². The van der Waals surface area contributed by atoms with Crippen molar-refractivity contribution in [3.63, 3.8) is 0 Å². The molecule has 0 aliphatic carbocycles. The molecular weight excluding hydrogens is 190 g/mol. The molecule has 0 aliphatic heterocycles. The van der Waals surface area contributed by atoms with Gasteiger partial charge in [-0.3, -0.25) is 0 Å². The number of alkyl halides is 1. The Kier molecular flexibility index (Phi) is 3.89. The van der Waals surface area contributed by atoms with Gasteiger partial charge < -0.3 is 0 Å². The van der Waals surface area contributed by atoms with Gasteiger partial charge in [0.2, 0.25) is 0 Å². The van der Waals surface area contributed by atoms with Crippen molar-refractivity contribution in [3.8, 4) is 0 Å². The molecule has 0 saturated heterocycles. The van der Waals surface area contributed by atoms with Gasteiger partial charge in [0.25, 0.3) is 0 Å². The van der Waals surface area contributed by atoms with Crippen LogP contribution in [-0.4, -0.2) is 10.7 Å². The molecule has 1 aromatic rings. The molecule has 0 radical (unpaired) electrons. The zero-order valence-electron chi connectivity index (χ0n) is 7.30. The number of hydrogen-bond acceptors (Lipinski definition) is 2. The number of hydrogen-bond donors (Lipinski definition) is 0. The summed E-state index contributed by atoms with van der Waals surface area (Å²) in [5, 5.41) is 1.08. The molecule has 0 saturated carbocycles. The van der Waals surface area contributed by atoms with Gasteiger partial charge in [0.1, 0.15) is 5.03 Å². The minimum Gasteiger partial charge on any atom is -0.250 e. The monoisotopic (exact) mass is 201 g/mol. The Bertz CT molecular complexity index is 263. The maximum absolute atomic E-state index is 5.82. The van der Waals surface area contributed by atoms with Crippen molar-refractivity contribution in [2.24, 2.45) is 0 Å². The molecule has 1 nitrogen and oxygen atoms in total. The van der Waals surface area contributed by atoms with Gasteiger partial charge in [-0.15, -0.1) is 23.4 Å². The molecule has 66 valence electrons. The fraction of sp³-hybridized carbons (Fsp3) is 0.444. The van der Waals surface area contributed by atoms with Gasteiger partial charge in [0.15, 0.2) is 0 Å². The van der Waals surface area contributed by atoms with Gasteiger partial charge in [-0.25, -0.2) is 4.98 Å². The summed E-state index contributed by atoms with van der Waals surface area (Å²) in [5.41, 5.74) is 2.40. The molecule has 1 rings (SSSR count). The molecule has 1 aromatic heterocycles. The van der Waals surface area contributed by atoms with Crippen molar-refractivity contribution in [1.82, 2.24) is 4.98 Å². The summed E-state index contributed by atoms with van der Waals surface area (Å²) in [6, 6.07) is 2.00. The van der Waals surface area contributed by atoms with Crippen LogP contribution in [0.15, 0.2) is 17.3 Å². The lowest BCUT2D eigenvalue weighted by Crippen LogP contribution is -1.92. The third-order valence-electron chi connectivity index (χ3n) is 1.67. The van der Waals surface area contributed by atoms with Gasteiger partial charge in [-0.05, 0) is 24.3 Å².